The van der Waals surface area contributed by atoms with Gasteiger partial charge in [0.05, 0.1) is 12.7 Å². The average molecular weight is 211 g/mol. The fourth-order valence-corrected chi connectivity index (χ4v) is 1.73. The second-order valence-electron chi connectivity index (χ2n) is 3.56. The fourth-order valence-electron chi connectivity index (χ4n) is 1.73. The van der Waals surface area contributed by atoms with Crippen LogP contribution in [0.25, 0.3) is 0 Å². The summed E-state index contributed by atoms with van der Waals surface area (Å²) in [5, 5.41) is 18.4. The number of rotatable bonds is 2. The lowest BCUT2D eigenvalue weighted by Gasteiger charge is -2.14. The van der Waals surface area contributed by atoms with Crippen LogP contribution in [0, 0.1) is 0 Å². The first kappa shape index (κ1) is 10.4. The molecule has 2 rings (SSSR count). The Morgan fingerprint density at radius 3 is 2.93 bits per heavy atom. The van der Waals surface area contributed by atoms with Crippen LogP contribution in [0.3, 0.4) is 0 Å². The summed E-state index contributed by atoms with van der Waals surface area (Å²) in [6.07, 6.45) is 0.147. The molecular formula is C10H13NO4. The summed E-state index contributed by atoms with van der Waals surface area (Å²) in [7, 11) is 0. The maximum absolute atomic E-state index is 11.4. The number of aromatic nitrogens is 1. The highest BCUT2D eigenvalue weighted by Crippen LogP contribution is 2.26. The zero-order chi connectivity index (χ0) is 10.8. The molecule has 2 N–H and O–H groups in total. The van der Waals surface area contributed by atoms with Crippen molar-refractivity contribution in [3.63, 3.8) is 0 Å². The lowest BCUT2D eigenvalue weighted by molar-refractivity contribution is -0.0454. The predicted molar refractivity (Wildman–Crippen MR) is 52.3 cm³/mol. The van der Waals surface area contributed by atoms with Gasteiger partial charge in [0.15, 0.2) is 0 Å². The van der Waals surface area contributed by atoms with Gasteiger partial charge in [-0.3, -0.25) is 9.36 Å². The van der Waals surface area contributed by atoms with E-state index in [0.29, 0.717) is 6.42 Å². The second-order valence-corrected chi connectivity index (χ2v) is 3.56. The van der Waals surface area contributed by atoms with Crippen molar-refractivity contribution in [3.05, 3.63) is 34.7 Å². The predicted octanol–water partition coefficient (Wildman–Crippen LogP) is -0.511. The first-order chi connectivity index (χ1) is 7.22. The number of hydrogen-bond acceptors (Lipinski definition) is 4. The van der Waals surface area contributed by atoms with E-state index < -0.39 is 18.4 Å². The Labute approximate surface area is 86.5 Å². The second kappa shape index (κ2) is 4.14. The maximum Gasteiger partial charge on any atom is 0.252 e. The van der Waals surface area contributed by atoms with Gasteiger partial charge in [0.2, 0.25) is 0 Å². The zero-order valence-electron chi connectivity index (χ0n) is 8.11. The SMILES string of the molecule is O=c1ccccn1C1CC(O)C(CO)O1. The van der Waals surface area contributed by atoms with Crippen LogP contribution in [-0.4, -0.2) is 33.6 Å². The van der Waals surface area contributed by atoms with E-state index in [0.717, 1.165) is 0 Å². The molecule has 0 aliphatic carbocycles. The van der Waals surface area contributed by atoms with Crippen LogP contribution < -0.4 is 5.56 Å². The first-order valence-electron chi connectivity index (χ1n) is 4.84. The normalized spacial score (nSPS) is 30.7. The summed E-state index contributed by atoms with van der Waals surface area (Å²) in [6.45, 7) is -0.237. The Bertz CT molecular complexity index is 389. The number of ether oxygens (including phenoxy) is 1. The maximum atomic E-state index is 11.4. The summed E-state index contributed by atoms with van der Waals surface area (Å²) in [4.78, 5) is 11.4. The van der Waals surface area contributed by atoms with Gasteiger partial charge in [-0.15, -0.1) is 0 Å². The van der Waals surface area contributed by atoms with Crippen LogP contribution in [0.4, 0.5) is 0 Å². The summed E-state index contributed by atoms with van der Waals surface area (Å²) in [5.41, 5.74) is -0.173. The molecule has 2 heterocycles. The molecule has 1 fully saturated rings. The molecule has 0 amide bonds. The van der Waals surface area contributed by atoms with Crippen molar-refractivity contribution in [2.75, 3.05) is 6.61 Å². The van der Waals surface area contributed by atoms with Gasteiger partial charge in [0.25, 0.3) is 5.56 Å². The van der Waals surface area contributed by atoms with Crippen molar-refractivity contribution in [1.82, 2.24) is 4.57 Å². The zero-order valence-corrected chi connectivity index (χ0v) is 8.11. The van der Waals surface area contributed by atoms with E-state index in [4.69, 9.17) is 9.84 Å². The van der Waals surface area contributed by atoms with Crippen molar-refractivity contribution >= 4 is 0 Å². The molecule has 1 aromatic rings. The van der Waals surface area contributed by atoms with Crippen molar-refractivity contribution in [1.29, 1.82) is 0 Å². The van der Waals surface area contributed by atoms with Crippen molar-refractivity contribution in [3.8, 4) is 0 Å². The lowest BCUT2D eigenvalue weighted by atomic mass is 10.2. The van der Waals surface area contributed by atoms with Gasteiger partial charge in [0, 0.05) is 18.7 Å². The molecule has 3 unspecified atom stereocenters. The highest BCUT2D eigenvalue weighted by Gasteiger charge is 2.34. The molecule has 15 heavy (non-hydrogen) atoms. The van der Waals surface area contributed by atoms with E-state index in [-0.39, 0.29) is 12.2 Å². The molecule has 1 aliphatic rings. The molecule has 5 nitrogen and oxygen atoms in total. The quantitative estimate of drug-likeness (QED) is 0.691. The molecule has 0 aromatic carbocycles. The van der Waals surface area contributed by atoms with Crippen molar-refractivity contribution in [2.24, 2.45) is 0 Å². The smallest absolute Gasteiger partial charge is 0.252 e. The molecule has 0 saturated carbocycles. The third-order valence-electron chi connectivity index (χ3n) is 2.55. The number of nitrogens with zero attached hydrogens (tertiary/aromatic N) is 1. The van der Waals surface area contributed by atoms with E-state index in [1.165, 1.54) is 10.6 Å². The Kier molecular flexibility index (Phi) is 2.86. The van der Waals surface area contributed by atoms with Crippen LogP contribution in [0.2, 0.25) is 0 Å². The van der Waals surface area contributed by atoms with Crippen LogP contribution >= 0.6 is 0 Å². The molecule has 1 aromatic heterocycles. The van der Waals surface area contributed by atoms with Gasteiger partial charge in [-0.05, 0) is 6.07 Å². The Hall–Kier alpha value is -1.17. The van der Waals surface area contributed by atoms with Gasteiger partial charge in [0.1, 0.15) is 12.3 Å². The van der Waals surface area contributed by atoms with E-state index in [2.05, 4.69) is 0 Å². The molecular weight excluding hydrogens is 198 g/mol. The molecule has 0 radical (unpaired) electrons. The van der Waals surface area contributed by atoms with Crippen LogP contribution in [0.5, 0.6) is 0 Å². The van der Waals surface area contributed by atoms with E-state index in [1.807, 2.05) is 0 Å². The Balaban J connectivity index is 2.21. The summed E-state index contributed by atoms with van der Waals surface area (Å²) < 4.78 is 6.77. The number of pyridine rings is 1. The summed E-state index contributed by atoms with van der Waals surface area (Å²) >= 11 is 0. The summed E-state index contributed by atoms with van der Waals surface area (Å²) in [5.74, 6) is 0. The van der Waals surface area contributed by atoms with Crippen molar-refractivity contribution in [2.45, 2.75) is 24.9 Å². The first-order valence-corrected chi connectivity index (χ1v) is 4.84. The van der Waals surface area contributed by atoms with Crippen LogP contribution in [-0.2, 0) is 4.74 Å². The average Bonchev–Trinajstić information content (AvgIpc) is 2.60. The van der Waals surface area contributed by atoms with Gasteiger partial charge in [-0.25, -0.2) is 0 Å². The fraction of sp³-hybridized carbons (Fsp3) is 0.500. The highest BCUT2D eigenvalue weighted by atomic mass is 16.5. The van der Waals surface area contributed by atoms with E-state index >= 15 is 0 Å². The molecule has 82 valence electrons. The number of hydrogen-bond donors (Lipinski definition) is 2. The van der Waals surface area contributed by atoms with Gasteiger partial charge < -0.3 is 14.9 Å². The topological polar surface area (TPSA) is 71.7 Å². The van der Waals surface area contributed by atoms with Gasteiger partial charge in [-0.1, -0.05) is 6.07 Å². The standard InChI is InChI=1S/C10H13NO4/c12-6-8-7(13)5-10(15-8)11-4-2-1-3-9(11)14/h1-4,7-8,10,12-13H,5-6H2. The summed E-state index contributed by atoms with van der Waals surface area (Å²) in [6, 6.07) is 4.80. The minimum Gasteiger partial charge on any atom is -0.394 e. The minimum absolute atomic E-state index is 0.173. The van der Waals surface area contributed by atoms with E-state index in [9.17, 15) is 9.90 Å². The highest BCUT2D eigenvalue weighted by molar-refractivity contribution is 4.95. The molecule has 0 spiro atoms. The largest absolute Gasteiger partial charge is 0.394 e. The molecule has 5 heteroatoms. The Morgan fingerprint density at radius 1 is 1.53 bits per heavy atom. The van der Waals surface area contributed by atoms with Gasteiger partial charge >= 0.3 is 0 Å². The monoisotopic (exact) mass is 211 g/mol. The van der Waals surface area contributed by atoms with Crippen molar-refractivity contribution < 1.29 is 14.9 Å². The molecule has 1 saturated heterocycles. The van der Waals surface area contributed by atoms with Crippen LogP contribution in [0.15, 0.2) is 29.2 Å². The third kappa shape index (κ3) is 1.94. The molecule has 0 bridgehead atoms. The molecule has 3 atom stereocenters. The Morgan fingerprint density at radius 2 is 2.33 bits per heavy atom. The minimum atomic E-state index is -0.716. The van der Waals surface area contributed by atoms with Crippen LogP contribution in [0.1, 0.15) is 12.6 Å². The lowest BCUT2D eigenvalue weighted by Crippen LogP contribution is -2.25. The third-order valence-corrected chi connectivity index (χ3v) is 2.55. The molecule has 1 aliphatic heterocycles. The van der Waals surface area contributed by atoms with Gasteiger partial charge in [-0.2, -0.15) is 0 Å². The number of aliphatic hydroxyl groups is 2. The van der Waals surface area contributed by atoms with E-state index in [1.54, 1.807) is 18.3 Å². The number of aliphatic hydroxyl groups excluding tert-OH is 2.